The summed E-state index contributed by atoms with van der Waals surface area (Å²) in [5, 5.41) is 20.0. The third-order valence-corrected chi connectivity index (χ3v) is 4.30. The molecule has 1 aromatic heterocycles. The van der Waals surface area contributed by atoms with Gasteiger partial charge in [-0.15, -0.1) is 10.2 Å². The van der Waals surface area contributed by atoms with Gasteiger partial charge >= 0.3 is 6.03 Å². The summed E-state index contributed by atoms with van der Waals surface area (Å²) in [4.78, 5) is 14.3. The number of piperidine rings is 1. The number of benzene rings is 1. The second-order valence-corrected chi connectivity index (χ2v) is 5.88. The molecule has 1 aliphatic rings. The van der Waals surface area contributed by atoms with Crippen molar-refractivity contribution in [2.75, 3.05) is 18.4 Å². The van der Waals surface area contributed by atoms with Gasteiger partial charge in [-0.05, 0) is 38.0 Å². The summed E-state index contributed by atoms with van der Waals surface area (Å²) in [6, 6.07) is 8.87. The summed E-state index contributed by atoms with van der Waals surface area (Å²) in [6.45, 7) is 4.23. The first kappa shape index (κ1) is 16.0. The quantitative estimate of drug-likeness (QED) is 0.940. The van der Waals surface area contributed by atoms with Crippen LogP contribution in [0.5, 0.6) is 0 Å². The lowest BCUT2D eigenvalue weighted by molar-refractivity contribution is 0.190. The van der Waals surface area contributed by atoms with Crippen LogP contribution >= 0.6 is 0 Å². The van der Waals surface area contributed by atoms with Crippen LogP contribution in [-0.4, -0.2) is 38.8 Å². The summed E-state index contributed by atoms with van der Waals surface area (Å²) >= 11 is 0. The zero-order valence-corrected chi connectivity index (χ0v) is 13.6. The van der Waals surface area contributed by atoms with Gasteiger partial charge in [-0.25, -0.2) is 4.79 Å². The third kappa shape index (κ3) is 3.38. The molecule has 2 heterocycles. The number of aryl methyl sites for hydroxylation is 1. The van der Waals surface area contributed by atoms with E-state index >= 15 is 0 Å². The van der Waals surface area contributed by atoms with Gasteiger partial charge in [-0.1, -0.05) is 6.07 Å². The minimum atomic E-state index is -0.141. The van der Waals surface area contributed by atoms with E-state index in [0.29, 0.717) is 17.8 Å². The number of hydrogen-bond donors (Lipinski definition) is 1. The zero-order valence-electron chi connectivity index (χ0n) is 13.6. The average Bonchev–Trinajstić information content (AvgIpc) is 3.10. The normalized spacial score (nSPS) is 17.3. The maximum Gasteiger partial charge on any atom is 0.321 e. The molecule has 0 aliphatic carbocycles. The first-order chi connectivity index (χ1) is 11.7. The summed E-state index contributed by atoms with van der Waals surface area (Å²) in [5.74, 6) is 1.15. The number of anilines is 1. The molecule has 124 valence electrons. The van der Waals surface area contributed by atoms with Crippen molar-refractivity contribution in [2.45, 2.75) is 32.2 Å². The fraction of sp³-hybridized carbons (Fsp3) is 0.412. The van der Waals surface area contributed by atoms with Crippen molar-refractivity contribution in [3.8, 4) is 6.07 Å². The molecule has 0 spiro atoms. The molecular weight excluding hydrogens is 304 g/mol. The minimum Gasteiger partial charge on any atom is -0.324 e. The van der Waals surface area contributed by atoms with Gasteiger partial charge in [0.05, 0.1) is 11.6 Å². The highest BCUT2D eigenvalue weighted by atomic mass is 16.2. The molecule has 1 saturated heterocycles. The lowest BCUT2D eigenvalue weighted by Crippen LogP contribution is -2.42. The number of hydrogen-bond acceptors (Lipinski definition) is 4. The Hall–Kier alpha value is -2.88. The lowest BCUT2D eigenvalue weighted by Gasteiger charge is -2.32. The number of nitrogens with zero attached hydrogens (tertiary/aromatic N) is 5. The topological polar surface area (TPSA) is 86.8 Å². The largest absolute Gasteiger partial charge is 0.324 e. The molecule has 1 fully saturated rings. The molecule has 0 bridgehead atoms. The maximum absolute atomic E-state index is 12.5. The molecule has 1 atom stereocenters. The second-order valence-electron chi connectivity index (χ2n) is 5.88. The van der Waals surface area contributed by atoms with Crippen LogP contribution in [0, 0.1) is 11.3 Å². The maximum atomic E-state index is 12.5. The predicted octanol–water partition coefficient (Wildman–Crippen LogP) is 2.58. The molecule has 0 unspecified atom stereocenters. The number of nitriles is 1. The molecule has 7 heteroatoms. The molecule has 2 amide bonds. The van der Waals surface area contributed by atoms with Crippen LogP contribution < -0.4 is 5.32 Å². The van der Waals surface area contributed by atoms with Crippen LogP contribution in [0.1, 0.15) is 37.1 Å². The van der Waals surface area contributed by atoms with Crippen LogP contribution in [0.4, 0.5) is 10.5 Å². The van der Waals surface area contributed by atoms with Crippen molar-refractivity contribution in [2.24, 2.45) is 0 Å². The van der Waals surface area contributed by atoms with E-state index in [1.807, 2.05) is 9.47 Å². The van der Waals surface area contributed by atoms with E-state index in [1.165, 1.54) is 0 Å². The Morgan fingerprint density at radius 3 is 3.17 bits per heavy atom. The number of aromatic nitrogens is 3. The summed E-state index contributed by atoms with van der Waals surface area (Å²) in [6.07, 6.45) is 3.68. The Labute approximate surface area is 140 Å². The number of carbonyl (C=O) groups excluding carboxylic acids is 1. The Bertz CT molecular complexity index is 762. The molecule has 1 N–H and O–H groups in total. The van der Waals surface area contributed by atoms with Gasteiger partial charge < -0.3 is 14.8 Å². The molecule has 2 aromatic rings. The monoisotopic (exact) mass is 324 g/mol. The fourth-order valence-electron chi connectivity index (χ4n) is 3.07. The molecule has 24 heavy (non-hydrogen) atoms. The molecule has 1 aromatic carbocycles. The van der Waals surface area contributed by atoms with Gasteiger partial charge in [0.1, 0.15) is 12.2 Å². The first-order valence-corrected chi connectivity index (χ1v) is 8.15. The number of rotatable bonds is 3. The molecular formula is C17H20N6O. The summed E-state index contributed by atoms with van der Waals surface area (Å²) in [5.41, 5.74) is 1.17. The Balaban J connectivity index is 1.68. The van der Waals surface area contributed by atoms with Gasteiger partial charge in [0.2, 0.25) is 0 Å². The molecule has 0 radical (unpaired) electrons. The van der Waals surface area contributed by atoms with Crippen LogP contribution in [0.25, 0.3) is 0 Å². The van der Waals surface area contributed by atoms with Crippen LogP contribution in [0.2, 0.25) is 0 Å². The molecule has 3 rings (SSSR count). The van der Waals surface area contributed by atoms with Crippen LogP contribution in [0.3, 0.4) is 0 Å². The standard InChI is InChI=1S/C17H20N6O/c1-2-22-12-19-21-16(22)14-6-4-8-23(11-14)17(24)20-15-7-3-5-13(9-15)10-18/h3,5,7,9,12,14H,2,4,6,8,11H2,1H3,(H,20,24)/t14-/m1/s1. The van der Waals surface area contributed by atoms with Crippen molar-refractivity contribution in [3.63, 3.8) is 0 Å². The van der Waals surface area contributed by atoms with Gasteiger partial charge in [0, 0.05) is 31.2 Å². The number of likely N-dealkylation sites (tertiary alicyclic amines) is 1. The average molecular weight is 324 g/mol. The van der Waals surface area contributed by atoms with Crippen molar-refractivity contribution in [1.29, 1.82) is 5.26 Å². The van der Waals surface area contributed by atoms with E-state index in [1.54, 1.807) is 30.6 Å². The van der Waals surface area contributed by atoms with E-state index in [9.17, 15) is 4.79 Å². The fourth-order valence-corrected chi connectivity index (χ4v) is 3.07. The van der Waals surface area contributed by atoms with Gasteiger partial charge in [-0.3, -0.25) is 0 Å². The van der Waals surface area contributed by atoms with E-state index in [2.05, 4.69) is 28.5 Å². The van der Waals surface area contributed by atoms with E-state index in [4.69, 9.17) is 5.26 Å². The summed E-state index contributed by atoms with van der Waals surface area (Å²) < 4.78 is 2.03. The first-order valence-electron chi connectivity index (χ1n) is 8.15. The highest BCUT2D eigenvalue weighted by Gasteiger charge is 2.27. The predicted molar refractivity (Wildman–Crippen MR) is 89.4 cm³/mol. The second kappa shape index (κ2) is 7.13. The van der Waals surface area contributed by atoms with Gasteiger partial charge in [0.15, 0.2) is 0 Å². The van der Waals surface area contributed by atoms with Gasteiger partial charge in [0.25, 0.3) is 0 Å². The van der Waals surface area contributed by atoms with Crippen LogP contribution in [-0.2, 0) is 6.54 Å². The smallest absolute Gasteiger partial charge is 0.321 e. The number of urea groups is 1. The van der Waals surface area contributed by atoms with Gasteiger partial charge in [-0.2, -0.15) is 5.26 Å². The number of amides is 2. The Kier molecular flexibility index (Phi) is 4.75. The van der Waals surface area contributed by atoms with Crippen LogP contribution in [0.15, 0.2) is 30.6 Å². The van der Waals surface area contributed by atoms with E-state index in [0.717, 1.165) is 31.8 Å². The SMILES string of the molecule is CCn1cnnc1[C@@H]1CCCN(C(=O)Nc2cccc(C#N)c2)C1. The highest BCUT2D eigenvalue weighted by molar-refractivity contribution is 5.89. The van der Waals surface area contributed by atoms with Crippen molar-refractivity contribution >= 4 is 11.7 Å². The zero-order chi connectivity index (χ0) is 16.9. The summed E-state index contributed by atoms with van der Waals surface area (Å²) in [7, 11) is 0. The Morgan fingerprint density at radius 2 is 2.38 bits per heavy atom. The third-order valence-electron chi connectivity index (χ3n) is 4.30. The number of carbonyl (C=O) groups is 1. The van der Waals surface area contributed by atoms with E-state index < -0.39 is 0 Å². The van der Waals surface area contributed by atoms with Crippen molar-refractivity contribution < 1.29 is 4.79 Å². The minimum absolute atomic E-state index is 0.141. The highest BCUT2D eigenvalue weighted by Crippen LogP contribution is 2.26. The molecule has 7 nitrogen and oxygen atoms in total. The molecule has 1 aliphatic heterocycles. The molecule has 0 saturated carbocycles. The van der Waals surface area contributed by atoms with E-state index in [-0.39, 0.29) is 11.9 Å². The lowest BCUT2D eigenvalue weighted by atomic mass is 9.97. The Morgan fingerprint density at radius 1 is 1.50 bits per heavy atom. The van der Waals surface area contributed by atoms with Crippen molar-refractivity contribution in [3.05, 3.63) is 42.0 Å². The number of nitrogens with one attached hydrogen (secondary N) is 1. The van der Waals surface area contributed by atoms with Crippen molar-refractivity contribution in [1.82, 2.24) is 19.7 Å².